The molecule has 11 heteroatoms. The Hall–Kier alpha value is -2.92. The van der Waals surface area contributed by atoms with Gasteiger partial charge in [0.05, 0.1) is 16.6 Å². The molecular formula is C24H26ClN5O3S2. The molecule has 4 aromatic rings. The zero-order chi connectivity index (χ0) is 25.3. The van der Waals surface area contributed by atoms with Crippen molar-refractivity contribution in [3.8, 4) is 5.88 Å². The third-order valence-electron chi connectivity index (χ3n) is 5.50. The number of rotatable bonds is 8. The summed E-state index contributed by atoms with van der Waals surface area (Å²) in [5, 5.41) is 19.8. The van der Waals surface area contributed by atoms with E-state index in [0.717, 1.165) is 35.8 Å². The zero-order valence-corrected chi connectivity index (χ0v) is 22.2. The van der Waals surface area contributed by atoms with Gasteiger partial charge in [0.15, 0.2) is 15.0 Å². The molecule has 2 N–H and O–H groups in total. The molecule has 8 nitrogen and oxygen atoms in total. The summed E-state index contributed by atoms with van der Waals surface area (Å²) in [5.74, 6) is -0.0795. The van der Waals surface area contributed by atoms with Crippen molar-refractivity contribution in [2.75, 3.05) is 45.4 Å². The van der Waals surface area contributed by atoms with Gasteiger partial charge in [-0.25, -0.2) is 8.42 Å². The predicted octanol–water partition coefficient (Wildman–Crippen LogP) is 4.37. The van der Waals surface area contributed by atoms with Crippen molar-refractivity contribution >= 4 is 60.5 Å². The average Bonchev–Trinajstić information content (AvgIpc) is 3.42. The summed E-state index contributed by atoms with van der Waals surface area (Å²) in [4.78, 5) is 9.22. The number of likely N-dealkylation sites (N-methyl/N-ethyl adjacent to an activating group) is 2. The second-order valence-electron chi connectivity index (χ2n) is 8.56. The molecule has 0 fully saturated rings. The van der Waals surface area contributed by atoms with Gasteiger partial charge >= 0.3 is 0 Å². The van der Waals surface area contributed by atoms with Crippen molar-refractivity contribution in [3.05, 3.63) is 63.6 Å². The number of aromatic nitrogens is 3. The second kappa shape index (κ2) is 9.98. The molecule has 184 valence electrons. The molecule has 35 heavy (non-hydrogen) atoms. The van der Waals surface area contributed by atoms with Gasteiger partial charge in [-0.2, -0.15) is 10.1 Å². The van der Waals surface area contributed by atoms with Crippen LogP contribution in [0.1, 0.15) is 16.0 Å². The fraction of sp³-hybridized carbons (Fsp3) is 0.250. The quantitative estimate of drug-likeness (QED) is 0.325. The second-order valence-corrected chi connectivity index (χ2v) is 12.0. The van der Waals surface area contributed by atoms with Gasteiger partial charge < -0.3 is 14.9 Å². The van der Waals surface area contributed by atoms with Crippen LogP contribution in [0.25, 0.3) is 22.6 Å². The Balaban J connectivity index is 1.83. The van der Waals surface area contributed by atoms with Crippen LogP contribution in [0.3, 0.4) is 0 Å². The van der Waals surface area contributed by atoms with Crippen molar-refractivity contribution < 1.29 is 13.5 Å². The fourth-order valence-corrected chi connectivity index (χ4v) is 5.42. The molecule has 0 amide bonds. The van der Waals surface area contributed by atoms with Crippen LogP contribution in [0.4, 0.5) is 5.13 Å². The third-order valence-corrected chi connectivity index (χ3v) is 8.13. The van der Waals surface area contributed by atoms with Gasteiger partial charge in [0.25, 0.3) is 0 Å². The van der Waals surface area contributed by atoms with Gasteiger partial charge in [-0.05, 0) is 55.6 Å². The number of H-pyrrole nitrogens is 1. The number of benzene rings is 2. The Morgan fingerprint density at radius 1 is 1.17 bits per heavy atom. The predicted molar refractivity (Wildman–Crippen MR) is 143 cm³/mol. The molecule has 2 heterocycles. The number of sulfone groups is 1. The minimum Gasteiger partial charge on any atom is -0.492 e. The summed E-state index contributed by atoms with van der Waals surface area (Å²) in [7, 11) is 2.56. The van der Waals surface area contributed by atoms with Crippen LogP contribution in [-0.2, 0) is 9.84 Å². The maximum atomic E-state index is 11.9. The molecule has 0 aliphatic carbocycles. The van der Waals surface area contributed by atoms with E-state index < -0.39 is 9.84 Å². The van der Waals surface area contributed by atoms with Gasteiger partial charge in [0.1, 0.15) is 4.88 Å². The number of nitrogens with zero attached hydrogens (tertiary/aromatic N) is 4. The maximum absolute atomic E-state index is 11.9. The monoisotopic (exact) mass is 531 g/mol. The lowest BCUT2D eigenvalue weighted by atomic mass is 10.00. The molecule has 0 unspecified atom stereocenters. The van der Waals surface area contributed by atoms with Crippen LogP contribution in [0.5, 0.6) is 5.88 Å². The summed E-state index contributed by atoms with van der Waals surface area (Å²) in [6.07, 6.45) is 4.72. The first-order chi connectivity index (χ1) is 16.5. The largest absolute Gasteiger partial charge is 0.492 e. The molecule has 4 rings (SSSR count). The number of fused-ring (bicyclic) bond motifs is 1. The van der Waals surface area contributed by atoms with E-state index in [0.29, 0.717) is 26.2 Å². The summed E-state index contributed by atoms with van der Waals surface area (Å²) in [6, 6.07) is 10.4. The Morgan fingerprint density at radius 2 is 1.94 bits per heavy atom. The summed E-state index contributed by atoms with van der Waals surface area (Å²) in [5.41, 5.74) is 3.06. The first kappa shape index (κ1) is 25.2. The van der Waals surface area contributed by atoms with Gasteiger partial charge in [0, 0.05) is 42.4 Å². The van der Waals surface area contributed by atoms with Gasteiger partial charge in [-0.3, -0.25) is 5.10 Å². The standard InChI is InChI=1S/C24H26ClN5O3S2/c1-29(2)9-10-30(3)24-27-23(31)22(34-24)19(15-6-8-21-17(11-15)14-26-28-21)12-16-5-7-18(13-20(16)25)35(4,32)33/h5-8,11-14,31H,9-10H2,1-4H3,(H,26,28). The van der Waals surface area contributed by atoms with Crippen molar-refractivity contribution in [1.82, 2.24) is 20.1 Å². The van der Waals surface area contributed by atoms with E-state index in [1.165, 1.54) is 23.5 Å². The topological polar surface area (TPSA) is 102 Å². The maximum Gasteiger partial charge on any atom is 0.232 e. The van der Waals surface area contributed by atoms with E-state index in [4.69, 9.17) is 11.6 Å². The Bertz CT molecular complexity index is 1510. The molecule has 0 aliphatic rings. The number of hydrogen-bond donors (Lipinski definition) is 2. The molecule has 0 atom stereocenters. The van der Waals surface area contributed by atoms with E-state index in [9.17, 15) is 13.5 Å². The van der Waals surface area contributed by atoms with Crippen LogP contribution < -0.4 is 4.90 Å². The Morgan fingerprint density at radius 3 is 2.63 bits per heavy atom. The Labute approximate surface area is 213 Å². The SMILES string of the molecule is CN(C)CCN(C)c1nc(O)c(C(=Cc2ccc(S(C)(=O)=O)cc2Cl)c2ccc3[nH]ncc3c2)s1. The number of thiazole rings is 1. The van der Waals surface area contributed by atoms with E-state index in [-0.39, 0.29) is 10.8 Å². The number of nitrogens with one attached hydrogen (secondary N) is 1. The highest BCUT2D eigenvalue weighted by Crippen LogP contribution is 2.40. The first-order valence-corrected chi connectivity index (χ1v) is 13.8. The molecule has 2 aromatic carbocycles. The van der Waals surface area contributed by atoms with Crippen LogP contribution in [0, 0.1) is 0 Å². The van der Waals surface area contributed by atoms with Crippen LogP contribution in [-0.4, -0.2) is 74.1 Å². The van der Waals surface area contributed by atoms with Crippen molar-refractivity contribution in [2.45, 2.75) is 4.90 Å². The highest BCUT2D eigenvalue weighted by molar-refractivity contribution is 7.90. The minimum absolute atomic E-state index is 0.0795. The molecule has 0 radical (unpaired) electrons. The lowest BCUT2D eigenvalue weighted by Gasteiger charge is -2.18. The Kier molecular flexibility index (Phi) is 7.18. The smallest absolute Gasteiger partial charge is 0.232 e. The number of anilines is 1. The number of hydrogen-bond acceptors (Lipinski definition) is 8. The molecule has 0 spiro atoms. The zero-order valence-electron chi connectivity index (χ0n) is 19.8. The minimum atomic E-state index is -3.39. The molecule has 0 aliphatic heterocycles. The van der Waals surface area contributed by atoms with Crippen molar-refractivity contribution in [1.29, 1.82) is 0 Å². The van der Waals surface area contributed by atoms with E-state index in [2.05, 4.69) is 20.1 Å². The van der Waals surface area contributed by atoms with Crippen molar-refractivity contribution in [2.24, 2.45) is 0 Å². The van der Waals surface area contributed by atoms with Crippen LogP contribution in [0.2, 0.25) is 5.02 Å². The normalized spacial score (nSPS) is 12.6. The van der Waals surface area contributed by atoms with Crippen molar-refractivity contribution in [3.63, 3.8) is 0 Å². The van der Waals surface area contributed by atoms with Crippen LogP contribution >= 0.6 is 22.9 Å². The summed E-state index contributed by atoms with van der Waals surface area (Å²) < 4.78 is 23.9. The average molecular weight is 532 g/mol. The number of aromatic hydroxyl groups is 1. The molecule has 2 aromatic heterocycles. The summed E-state index contributed by atoms with van der Waals surface area (Å²) in [6.45, 7) is 1.59. The molecule has 0 saturated carbocycles. The fourth-order valence-electron chi connectivity index (χ4n) is 3.49. The first-order valence-electron chi connectivity index (χ1n) is 10.7. The third kappa shape index (κ3) is 5.67. The lowest BCUT2D eigenvalue weighted by molar-refractivity contribution is 0.416. The summed E-state index contributed by atoms with van der Waals surface area (Å²) >= 11 is 7.86. The van der Waals surface area contributed by atoms with Gasteiger partial charge in [-0.15, -0.1) is 0 Å². The molecular weight excluding hydrogens is 506 g/mol. The number of aromatic amines is 1. The number of halogens is 1. The van der Waals surface area contributed by atoms with Gasteiger partial charge in [0.2, 0.25) is 5.88 Å². The van der Waals surface area contributed by atoms with E-state index in [1.807, 2.05) is 50.3 Å². The lowest BCUT2D eigenvalue weighted by Crippen LogP contribution is -2.28. The highest BCUT2D eigenvalue weighted by Gasteiger charge is 2.20. The van der Waals surface area contributed by atoms with Crippen LogP contribution in [0.15, 0.2) is 47.5 Å². The van der Waals surface area contributed by atoms with E-state index in [1.54, 1.807) is 12.3 Å². The molecule has 0 saturated heterocycles. The van der Waals surface area contributed by atoms with Gasteiger partial charge in [-0.1, -0.05) is 35.1 Å². The van der Waals surface area contributed by atoms with E-state index >= 15 is 0 Å². The highest BCUT2D eigenvalue weighted by atomic mass is 35.5. The molecule has 0 bridgehead atoms.